The molecule has 0 aliphatic carbocycles. The SMILES string of the molecule is CCCCCCCCCCCCc1ccc(-c2cc(Br)c(Cc3cc4sc(Cc5sccc5Br)cc4s3)s2)cc1. The van der Waals surface area contributed by atoms with Gasteiger partial charge in [0.2, 0.25) is 0 Å². The van der Waals surface area contributed by atoms with Crippen LogP contribution >= 0.6 is 77.2 Å². The van der Waals surface area contributed by atoms with E-state index in [1.807, 2.05) is 45.3 Å². The van der Waals surface area contributed by atoms with Gasteiger partial charge in [-0.15, -0.1) is 45.3 Å². The highest BCUT2D eigenvalue weighted by molar-refractivity contribution is 9.10. The largest absolute Gasteiger partial charge is 0.147 e. The maximum absolute atomic E-state index is 3.86. The third-order valence-corrected chi connectivity index (χ3v) is 13.9. The van der Waals surface area contributed by atoms with Gasteiger partial charge < -0.3 is 0 Å². The van der Waals surface area contributed by atoms with Crippen LogP contribution in [0.5, 0.6) is 0 Å². The quantitative estimate of drug-likeness (QED) is 0.0886. The van der Waals surface area contributed by atoms with Gasteiger partial charge >= 0.3 is 0 Å². The van der Waals surface area contributed by atoms with Crippen molar-refractivity contribution in [2.45, 2.75) is 90.4 Å². The molecule has 0 fully saturated rings. The van der Waals surface area contributed by atoms with Crippen LogP contribution in [-0.2, 0) is 19.3 Å². The molecule has 0 N–H and O–H groups in total. The number of aryl methyl sites for hydroxylation is 1. The second-order valence-electron chi connectivity index (χ2n) is 10.7. The van der Waals surface area contributed by atoms with Crippen molar-refractivity contribution >= 4 is 86.6 Å². The maximum atomic E-state index is 3.86. The molecule has 0 aliphatic rings. The molecule has 0 spiro atoms. The summed E-state index contributed by atoms with van der Waals surface area (Å²) in [7, 11) is 0. The van der Waals surface area contributed by atoms with Crippen LogP contribution < -0.4 is 0 Å². The first kappa shape index (κ1) is 30.7. The predicted molar refractivity (Wildman–Crippen MR) is 190 cm³/mol. The molecule has 4 aromatic heterocycles. The van der Waals surface area contributed by atoms with Crippen LogP contribution in [-0.4, -0.2) is 0 Å². The molecule has 0 nitrogen and oxygen atoms in total. The second kappa shape index (κ2) is 15.6. The van der Waals surface area contributed by atoms with Crippen LogP contribution in [0.2, 0.25) is 0 Å². The Morgan fingerprint density at radius 3 is 1.80 bits per heavy atom. The number of halogens is 2. The number of benzene rings is 1. The molecule has 0 saturated carbocycles. The zero-order chi connectivity index (χ0) is 27.7. The van der Waals surface area contributed by atoms with E-state index >= 15 is 0 Å². The molecule has 0 radical (unpaired) electrons. The predicted octanol–water partition coefficient (Wildman–Crippen LogP) is 13.9. The van der Waals surface area contributed by atoms with E-state index in [0.717, 1.165) is 12.8 Å². The van der Waals surface area contributed by atoms with Crippen molar-refractivity contribution in [3.63, 3.8) is 0 Å². The highest BCUT2D eigenvalue weighted by atomic mass is 79.9. The highest BCUT2D eigenvalue weighted by Gasteiger charge is 2.14. The smallest absolute Gasteiger partial charge is 0.0456 e. The maximum Gasteiger partial charge on any atom is 0.0456 e. The lowest BCUT2D eigenvalue weighted by Crippen LogP contribution is -1.87. The molecular formula is C34H38Br2S4. The van der Waals surface area contributed by atoms with Gasteiger partial charge in [0, 0.05) is 55.6 Å². The fourth-order valence-electron chi connectivity index (χ4n) is 5.20. The molecule has 40 heavy (non-hydrogen) atoms. The van der Waals surface area contributed by atoms with Gasteiger partial charge in [-0.3, -0.25) is 0 Å². The van der Waals surface area contributed by atoms with Crippen molar-refractivity contribution in [3.8, 4) is 10.4 Å². The summed E-state index contributed by atoms with van der Waals surface area (Å²) >= 11 is 15.2. The van der Waals surface area contributed by atoms with Crippen molar-refractivity contribution in [3.05, 3.63) is 87.9 Å². The van der Waals surface area contributed by atoms with Crippen molar-refractivity contribution in [2.24, 2.45) is 0 Å². The minimum absolute atomic E-state index is 1.000. The molecule has 212 valence electrons. The van der Waals surface area contributed by atoms with Gasteiger partial charge in [0.05, 0.1) is 0 Å². The molecule has 0 bridgehead atoms. The van der Waals surface area contributed by atoms with Gasteiger partial charge in [-0.2, -0.15) is 0 Å². The number of hydrogen-bond acceptors (Lipinski definition) is 4. The first-order valence-electron chi connectivity index (χ1n) is 14.7. The zero-order valence-electron chi connectivity index (χ0n) is 23.3. The third-order valence-electron chi connectivity index (χ3n) is 7.48. The van der Waals surface area contributed by atoms with Crippen molar-refractivity contribution < 1.29 is 0 Å². The van der Waals surface area contributed by atoms with E-state index in [2.05, 4.69) is 92.7 Å². The van der Waals surface area contributed by atoms with E-state index in [9.17, 15) is 0 Å². The Morgan fingerprint density at radius 1 is 0.600 bits per heavy atom. The fourth-order valence-corrected chi connectivity index (χ4v) is 11.2. The number of unbranched alkanes of at least 4 members (excludes halogenated alkanes) is 9. The molecule has 1 aromatic carbocycles. The molecule has 6 heteroatoms. The number of hydrogen-bond donors (Lipinski definition) is 0. The Hall–Kier alpha value is -0.760. The lowest BCUT2D eigenvalue weighted by Gasteiger charge is -2.04. The Bertz CT molecular complexity index is 1440. The van der Waals surface area contributed by atoms with E-state index in [0.29, 0.717) is 0 Å². The van der Waals surface area contributed by atoms with Crippen LogP contribution in [0, 0.1) is 0 Å². The topological polar surface area (TPSA) is 0 Å². The lowest BCUT2D eigenvalue weighted by molar-refractivity contribution is 0.556. The molecule has 0 atom stereocenters. The summed E-state index contributed by atoms with van der Waals surface area (Å²) in [6.45, 7) is 2.29. The van der Waals surface area contributed by atoms with Crippen LogP contribution in [0.15, 0.2) is 62.9 Å². The standard InChI is InChI=1S/C34H38Br2S4/c1-2-3-4-5-6-7-8-9-10-11-12-24-13-15-25(16-14-24)30-23-29(36)32(40-30)20-27-22-34-33(39-27)21-26(38-34)19-31-28(35)17-18-37-31/h13-18,21-23H,2-12,19-20H2,1H3. The van der Waals surface area contributed by atoms with Crippen LogP contribution in [0.3, 0.4) is 0 Å². The Morgan fingerprint density at radius 2 is 1.20 bits per heavy atom. The molecule has 5 aromatic rings. The van der Waals surface area contributed by atoms with Crippen molar-refractivity contribution in [1.29, 1.82) is 0 Å². The number of fused-ring (bicyclic) bond motifs is 1. The van der Waals surface area contributed by atoms with Crippen molar-refractivity contribution in [1.82, 2.24) is 0 Å². The van der Waals surface area contributed by atoms with Gasteiger partial charge in [0.25, 0.3) is 0 Å². The highest BCUT2D eigenvalue weighted by Crippen LogP contribution is 2.40. The number of thiophene rings is 4. The Labute approximate surface area is 273 Å². The molecule has 5 rings (SSSR count). The molecule has 0 aliphatic heterocycles. The lowest BCUT2D eigenvalue weighted by atomic mass is 10.0. The Kier molecular flexibility index (Phi) is 12.0. The summed E-state index contributed by atoms with van der Waals surface area (Å²) in [5.41, 5.74) is 2.81. The first-order chi connectivity index (χ1) is 19.6. The minimum Gasteiger partial charge on any atom is -0.147 e. The molecular weight excluding hydrogens is 696 g/mol. The fraction of sp³-hybridized carbons (Fsp3) is 0.412. The summed E-state index contributed by atoms with van der Waals surface area (Å²) in [6, 6.07) is 18.6. The van der Waals surface area contributed by atoms with Gasteiger partial charge in [0.15, 0.2) is 0 Å². The van der Waals surface area contributed by atoms with Gasteiger partial charge in [-0.1, -0.05) is 89.0 Å². The van der Waals surface area contributed by atoms with E-state index < -0.39 is 0 Å². The van der Waals surface area contributed by atoms with Gasteiger partial charge in [-0.05, 0) is 85.5 Å². The first-order valence-corrected chi connectivity index (χ1v) is 19.6. The van der Waals surface area contributed by atoms with Crippen LogP contribution in [0.25, 0.3) is 19.8 Å². The van der Waals surface area contributed by atoms with Gasteiger partial charge in [0.1, 0.15) is 0 Å². The van der Waals surface area contributed by atoms with E-state index in [1.165, 1.54) is 124 Å². The average Bonchev–Trinajstić information content (AvgIpc) is 3.71. The monoisotopic (exact) mass is 732 g/mol. The summed E-state index contributed by atoms with van der Waals surface area (Å²) in [6.07, 6.45) is 17.2. The normalized spacial score (nSPS) is 11.7. The Balaban J connectivity index is 1.09. The summed E-state index contributed by atoms with van der Waals surface area (Å²) in [5, 5.41) is 2.16. The van der Waals surface area contributed by atoms with E-state index in [1.54, 1.807) is 0 Å². The van der Waals surface area contributed by atoms with Crippen LogP contribution in [0.4, 0.5) is 0 Å². The summed E-state index contributed by atoms with van der Waals surface area (Å²) in [4.78, 5) is 7.09. The second-order valence-corrected chi connectivity index (χ2v) is 16.9. The zero-order valence-corrected chi connectivity index (χ0v) is 29.7. The summed E-state index contributed by atoms with van der Waals surface area (Å²) in [5.74, 6) is 0. The third kappa shape index (κ3) is 8.64. The average molecular weight is 735 g/mol. The summed E-state index contributed by atoms with van der Waals surface area (Å²) < 4.78 is 5.32. The van der Waals surface area contributed by atoms with Crippen LogP contribution in [0.1, 0.15) is 96.2 Å². The molecule has 0 saturated heterocycles. The van der Waals surface area contributed by atoms with E-state index in [-0.39, 0.29) is 0 Å². The number of rotatable bonds is 16. The van der Waals surface area contributed by atoms with E-state index in [4.69, 9.17) is 0 Å². The molecule has 0 amide bonds. The van der Waals surface area contributed by atoms with Gasteiger partial charge in [-0.25, -0.2) is 0 Å². The molecule has 0 unspecified atom stereocenters. The molecule has 4 heterocycles. The van der Waals surface area contributed by atoms with Crippen molar-refractivity contribution in [2.75, 3.05) is 0 Å². The minimum atomic E-state index is 1.000.